The van der Waals surface area contributed by atoms with E-state index >= 15 is 0 Å². The summed E-state index contributed by atoms with van der Waals surface area (Å²) in [6, 6.07) is 11.6. The van der Waals surface area contributed by atoms with Crippen LogP contribution in [0.4, 0.5) is 17.2 Å². The highest BCUT2D eigenvalue weighted by Gasteiger charge is 2.19. The first-order chi connectivity index (χ1) is 17.4. The number of nitrogen functional groups attached to an aromatic ring is 1. The zero-order valence-electron chi connectivity index (χ0n) is 20.7. The third kappa shape index (κ3) is 7.28. The Labute approximate surface area is 220 Å². The summed E-state index contributed by atoms with van der Waals surface area (Å²) in [4.78, 5) is 25.2. The fourth-order valence-electron chi connectivity index (χ4n) is 4.15. The van der Waals surface area contributed by atoms with Crippen molar-refractivity contribution in [3.05, 3.63) is 47.2 Å². The summed E-state index contributed by atoms with van der Waals surface area (Å²) in [5.41, 5.74) is 8.54. The Bertz CT molecular complexity index is 1180. The fraction of sp³-hybridized carbons (Fsp3) is 0.423. The van der Waals surface area contributed by atoms with E-state index in [0.29, 0.717) is 30.4 Å². The number of nitrogens with one attached hydrogen (secondary N) is 1. The Morgan fingerprint density at radius 2 is 1.92 bits per heavy atom. The molecule has 1 fully saturated rings. The molecule has 0 aliphatic carbocycles. The zero-order valence-corrected chi connectivity index (χ0v) is 22.3. The number of benzene rings is 2. The average Bonchev–Trinajstić information content (AvgIpc) is 2.83. The van der Waals surface area contributed by atoms with Crippen molar-refractivity contribution >= 4 is 50.0 Å². The topological polar surface area (TPSA) is 106 Å². The molecule has 36 heavy (non-hydrogen) atoms. The average molecular weight is 557 g/mol. The third-order valence-electron chi connectivity index (χ3n) is 5.92. The second kappa shape index (κ2) is 12.3. The van der Waals surface area contributed by atoms with E-state index in [-0.39, 0.29) is 12.1 Å². The highest BCUT2D eigenvalue weighted by molar-refractivity contribution is 9.10. The predicted molar refractivity (Wildman–Crippen MR) is 146 cm³/mol. The number of carbonyl (C=O) groups excluding carboxylic acids is 1. The summed E-state index contributed by atoms with van der Waals surface area (Å²) in [5.74, 6) is 1.16. The second-order valence-electron chi connectivity index (χ2n) is 9.12. The molecule has 0 unspecified atom stereocenters. The van der Waals surface area contributed by atoms with Crippen LogP contribution in [0.3, 0.4) is 0 Å². The van der Waals surface area contributed by atoms with Crippen molar-refractivity contribution < 1.29 is 14.3 Å². The van der Waals surface area contributed by atoms with E-state index in [4.69, 9.17) is 15.2 Å². The van der Waals surface area contributed by atoms with E-state index < -0.39 is 0 Å². The standard InChI is InChI=1S/C26H33BrN6O3/c1-18(2)36-25(34)16-33-10-8-32(9-11-33)7-4-12-35-24-15-23-21(14-22(24)28)26(30-17-29-23)31-20-6-3-5-19(27)13-20/h3,5-6,13-15,17-18H,4,7-12,16,28H2,1-2H3,(H,29,30,31). The van der Waals surface area contributed by atoms with Crippen LogP contribution in [0.2, 0.25) is 0 Å². The predicted octanol–water partition coefficient (Wildman–Crippen LogP) is 4.06. The number of ether oxygens (including phenoxy) is 2. The van der Waals surface area contributed by atoms with Crippen LogP contribution >= 0.6 is 15.9 Å². The molecule has 0 bridgehead atoms. The van der Waals surface area contributed by atoms with Gasteiger partial charge in [-0.3, -0.25) is 9.69 Å². The van der Waals surface area contributed by atoms with E-state index in [9.17, 15) is 4.79 Å². The number of hydrogen-bond donors (Lipinski definition) is 2. The molecular formula is C26H33BrN6O3. The normalized spacial score (nSPS) is 14.8. The SMILES string of the molecule is CC(C)OC(=O)CN1CCN(CCCOc2cc3ncnc(Nc4cccc(Br)c4)c3cc2N)CC1. The Hall–Kier alpha value is -2.95. The van der Waals surface area contributed by atoms with Crippen LogP contribution in [0.5, 0.6) is 5.75 Å². The van der Waals surface area contributed by atoms with Gasteiger partial charge in [0.1, 0.15) is 17.9 Å². The first kappa shape index (κ1) is 26.1. The van der Waals surface area contributed by atoms with Crippen LogP contribution in [-0.4, -0.2) is 77.7 Å². The summed E-state index contributed by atoms with van der Waals surface area (Å²) in [7, 11) is 0. The molecule has 3 aromatic rings. The smallest absolute Gasteiger partial charge is 0.320 e. The molecular weight excluding hydrogens is 524 g/mol. The molecule has 9 nitrogen and oxygen atoms in total. The number of nitrogens with two attached hydrogens (primary N) is 1. The quantitative estimate of drug-likeness (QED) is 0.217. The number of halogens is 1. The van der Waals surface area contributed by atoms with Crippen LogP contribution < -0.4 is 15.8 Å². The summed E-state index contributed by atoms with van der Waals surface area (Å²) in [6.45, 7) is 9.18. The molecule has 1 saturated heterocycles. The van der Waals surface area contributed by atoms with E-state index in [0.717, 1.165) is 60.2 Å². The zero-order chi connectivity index (χ0) is 25.5. The van der Waals surface area contributed by atoms with Gasteiger partial charge in [0.15, 0.2) is 0 Å². The molecule has 2 aromatic carbocycles. The van der Waals surface area contributed by atoms with Gasteiger partial charge in [0.2, 0.25) is 0 Å². The molecule has 0 spiro atoms. The summed E-state index contributed by atoms with van der Waals surface area (Å²) in [6.07, 6.45) is 2.34. The van der Waals surface area contributed by atoms with Gasteiger partial charge in [-0.25, -0.2) is 9.97 Å². The van der Waals surface area contributed by atoms with Crippen molar-refractivity contribution in [2.45, 2.75) is 26.4 Å². The molecule has 0 saturated carbocycles. The van der Waals surface area contributed by atoms with Gasteiger partial charge in [-0.1, -0.05) is 22.0 Å². The number of carbonyl (C=O) groups is 1. The Balaban J connectivity index is 1.26. The van der Waals surface area contributed by atoms with Gasteiger partial charge in [-0.15, -0.1) is 0 Å². The third-order valence-corrected chi connectivity index (χ3v) is 6.41. The lowest BCUT2D eigenvalue weighted by Crippen LogP contribution is -2.48. The van der Waals surface area contributed by atoms with E-state index in [1.54, 1.807) is 0 Å². The van der Waals surface area contributed by atoms with Gasteiger partial charge in [0.25, 0.3) is 0 Å². The molecule has 1 aliphatic rings. The van der Waals surface area contributed by atoms with Crippen LogP contribution in [0.1, 0.15) is 20.3 Å². The minimum absolute atomic E-state index is 0.0708. The van der Waals surface area contributed by atoms with Crippen molar-refractivity contribution in [2.75, 3.05) is 56.9 Å². The van der Waals surface area contributed by atoms with Gasteiger partial charge >= 0.3 is 5.97 Å². The van der Waals surface area contributed by atoms with Crippen molar-refractivity contribution in [3.8, 4) is 5.75 Å². The maximum atomic E-state index is 11.9. The fourth-order valence-corrected chi connectivity index (χ4v) is 4.55. The molecule has 0 atom stereocenters. The van der Waals surface area contributed by atoms with E-state index in [2.05, 4.69) is 41.0 Å². The number of esters is 1. The lowest BCUT2D eigenvalue weighted by molar-refractivity contribution is -0.149. The molecule has 0 radical (unpaired) electrons. The Morgan fingerprint density at radius 1 is 1.14 bits per heavy atom. The largest absolute Gasteiger partial charge is 0.491 e. The monoisotopic (exact) mass is 556 g/mol. The molecule has 1 aliphatic heterocycles. The van der Waals surface area contributed by atoms with Crippen LogP contribution in [0.15, 0.2) is 47.2 Å². The highest BCUT2D eigenvalue weighted by atomic mass is 79.9. The number of aromatic nitrogens is 2. The minimum atomic E-state index is -0.152. The molecule has 192 valence electrons. The van der Waals surface area contributed by atoms with Crippen molar-refractivity contribution in [1.29, 1.82) is 0 Å². The Morgan fingerprint density at radius 3 is 2.67 bits per heavy atom. The van der Waals surface area contributed by atoms with Gasteiger partial charge in [-0.05, 0) is 44.5 Å². The summed E-state index contributed by atoms with van der Waals surface area (Å²) >= 11 is 3.49. The minimum Gasteiger partial charge on any atom is -0.491 e. The molecule has 3 N–H and O–H groups in total. The van der Waals surface area contributed by atoms with Gasteiger partial charge < -0.3 is 25.4 Å². The summed E-state index contributed by atoms with van der Waals surface area (Å²) < 4.78 is 12.2. The van der Waals surface area contributed by atoms with Gasteiger partial charge in [-0.2, -0.15) is 0 Å². The number of piperazine rings is 1. The van der Waals surface area contributed by atoms with Crippen LogP contribution in [-0.2, 0) is 9.53 Å². The van der Waals surface area contributed by atoms with Gasteiger partial charge in [0.05, 0.1) is 30.5 Å². The Kier molecular flexibility index (Phi) is 8.95. The van der Waals surface area contributed by atoms with E-state index in [1.165, 1.54) is 6.33 Å². The van der Waals surface area contributed by atoms with Crippen molar-refractivity contribution in [3.63, 3.8) is 0 Å². The van der Waals surface area contributed by atoms with E-state index in [1.807, 2.05) is 50.2 Å². The van der Waals surface area contributed by atoms with Crippen LogP contribution in [0.25, 0.3) is 10.9 Å². The highest BCUT2D eigenvalue weighted by Crippen LogP contribution is 2.31. The number of rotatable bonds is 10. The molecule has 4 rings (SSSR count). The molecule has 2 heterocycles. The molecule has 0 amide bonds. The maximum Gasteiger partial charge on any atom is 0.320 e. The first-order valence-electron chi connectivity index (χ1n) is 12.2. The summed E-state index contributed by atoms with van der Waals surface area (Å²) in [5, 5.41) is 4.16. The number of anilines is 3. The lowest BCUT2D eigenvalue weighted by Gasteiger charge is -2.34. The van der Waals surface area contributed by atoms with Crippen molar-refractivity contribution in [2.24, 2.45) is 0 Å². The van der Waals surface area contributed by atoms with Crippen molar-refractivity contribution in [1.82, 2.24) is 19.8 Å². The maximum absolute atomic E-state index is 11.9. The number of fused-ring (bicyclic) bond motifs is 1. The first-order valence-corrected chi connectivity index (χ1v) is 13.0. The number of hydrogen-bond acceptors (Lipinski definition) is 9. The molecule has 10 heteroatoms. The second-order valence-corrected chi connectivity index (χ2v) is 10.0. The lowest BCUT2D eigenvalue weighted by atomic mass is 10.2. The van der Waals surface area contributed by atoms with Gasteiger partial charge in [0, 0.05) is 54.3 Å². The molecule has 1 aromatic heterocycles. The van der Waals surface area contributed by atoms with Crippen LogP contribution in [0, 0.1) is 0 Å². The number of nitrogens with zero attached hydrogens (tertiary/aromatic N) is 4.